The molecule has 0 aliphatic heterocycles. The lowest BCUT2D eigenvalue weighted by Crippen LogP contribution is -2.22. The van der Waals surface area contributed by atoms with Crippen LogP contribution in [0.2, 0.25) is 0 Å². The Morgan fingerprint density at radius 2 is 2.05 bits per heavy atom. The SMILES string of the molecule is Cc1c(CNc2ccccc2C(=O)N(C)C)cnn1C. The number of nitrogens with zero attached hydrogens (tertiary/aromatic N) is 3. The molecule has 5 heteroatoms. The minimum atomic E-state index is -0.00370. The second-order valence-electron chi connectivity index (χ2n) is 4.98. The fraction of sp³-hybridized carbons (Fsp3) is 0.333. The number of benzene rings is 1. The summed E-state index contributed by atoms with van der Waals surface area (Å²) in [5.74, 6) is -0.00370. The number of carbonyl (C=O) groups is 1. The van der Waals surface area contributed by atoms with E-state index in [9.17, 15) is 4.79 Å². The molecule has 20 heavy (non-hydrogen) atoms. The molecule has 0 unspecified atom stereocenters. The third-order valence-corrected chi connectivity index (χ3v) is 3.37. The van der Waals surface area contributed by atoms with Crippen LogP contribution < -0.4 is 5.32 Å². The van der Waals surface area contributed by atoms with E-state index in [4.69, 9.17) is 0 Å². The molecule has 1 N–H and O–H groups in total. The van der Waals surface area contributed by atoms with Crippen LogP contribution in [0.4, 0.5) is 5.69 Å². The summed E-state index contributed by atoms with van der Waals surface area (Å²) in [5.41, 5.74) is 3.77. The van der Waals surface area contributed by atoms with Gasteiger partial charge in [0.1, 0.15) is 0 Å². The fourth-order valence-corrected chi connectivity index (χ4v) is 1.97. The Morgan fingerprint density at radius 1 is 1.35 bits per heavy atom. The minimum absolute atomic E-state index is 0.00370. The molecule has 1 heterocycles. The molecule has 0 spiro atoms. The van der Waals surface area contributed by atoms with Gasteiger partial charge in [-0.1, -0.05) is 12.1 Å². The van der Waals surface area contributed by atoms with Gasteiger partial charge in [-0.3, -0.25) is 9.48 Å². The summed E-state index contributed by atoms with van der Waals surface area (Å²) in [5, 5.41) is 7.53. The third kappa shape index (κ3) is 2.82. The Labute approximate surface area is 119 Å². The molecule has 0 aliphatic carbocycles. The summed E-state index contributed by atoms with van der Waals surface area (Å²) < 4.78 is 1.84. The highest BCUT2D eigenvalue weighted by atomic mass is 16.2. The number of nitrogens with one attached hydrogen (secondary N) is 1. The Bertz CT molecular complexity index is 616. The van der Waals surface area contributed by atoms with E-state index < -0.39 is 0 Å². The summed E-state index contributed by atoms with van der Waals surface area (Å²) in [6.07, 6.45) is 1.85. The van der Waals surface area contributed by atoms with E-state index in [1.54, 1.807) is 19.0 Å². The van der Waals surface area contributed by atoms with E-state index in [1.807, 2.05) is 49.1 Å². The van der Waals surface area contributed by atoms with Crippen LogP contribution in [0.3, 0.4) is 0 Å². The molecule has 0 radical (unpaired) electrons. The second kappa shape index (κ2) is 5.77. The normalized spacial score (nSPS) is 10.4. The van der Waals surface area contributed by atoms with Crippen molar-refractivity contribution in [3.05, 3.63) is 47.3 Å². The van der Waals surface area contributed by atoms with Crippen LogP contribution in [0.1, 0.15) is 21.6 Å². The van der Waals surface area contributed by atoms with E-state index in [0.717, 1.165) is 16.9 Å². The summed E-state index contributed by atoms with van der Waals surface area (Å²) in [6, 6.07) is 7.55. The minimum Gasteiger partial charge on any atom is -0.380 e. The zero-order chi connectivity index (χ0) is 14.7. The molecular weight excluding hydrogens is 252 g/mol. The Kier molecular flexibility index (Phi) is 4.08. The molecule has 106 valence electrons. The highest BCUT2D eigenvalue weighted by Crippen LogP contribution is 2.18. The summed E-state index contributed by atoms with van der Waals surface area (Å²) >= 11 is 0. The average molecular weight is 272 g/mol. The number of anilines is 1. The highest BCUT2D eigenvalue weighted by Gasteiger charge is 2.13. The molecule has 0 saturated heterocycles. The number of hydrogen-bond donors (Lipinski definition) is 1. The molecule has 2 rings (SSSR count). The van der Waals surface area contributed by atoms with E-state index >= 15 is 0 Å². The zero-order valence-electron chi connectivity index (χ0n) is 12.3. The van der Waals surface area contributed by atoms with Crippen LogP contribution in [-0.2, 0) is 13.6 Å². The molecule has 0 fully saturated rings. The maximum absolute atomic E-state index is 12.1. The van der Waals surface area contributed by atoms with Crippen molar-refractivity contribution in [2.45, 2.75) is 13.5 Å². The summed E-state index contributed by atoms with van der Waals surface area (Å²) in [4.78, 5) is 13.7. The molecule has 5 nitrogen and oxygen atoms in total. The number of carbonyl (C=O) groups excluding carboxylic acids is 1. The molecule has 0 bridgehead atoms. The van der Waals surface area contributed by atoms with Gasteiger partial charge in [0.05, 0.1) is 11.8 Å². The summed E-state index contributed by atoms with van der Waals surface area (Å²) in [6.45, 7) is 2.68. The first kappa shape index (κ1) is 14.1. The second-order valence-corrected chi connectivity index (χ2v) is 4.98. The van der Waals surface area contributed by atoms with Gasteiger partial charge < -0.3 is 10.2 Å². The van der Waals surface area contributed by atoms with Crippen molar-refractivity contribution in [3.8, 4) is 0 Å². The lowest BCUT2D eigenvalue weighted by atomic mass is 10.1. The van der Waals surface area contributed by atoms with Crippen molar-refractivity contribution in [3.63, 3.8) is 0 Å². The summed E-state index contributed by atoms with van der Waals surface area (Å²) in [7, 11) is 5.43. The largest absolute Gasteiger partial charge is 0.380 e. The number of hydrogen-bond acceptors (Lipinski definition) is 3. The van der Waals surface area contributed by atoms with Gasteiger partial charge in [-0.15, -0.1) is 0 Å². The molecule has 0 saturated carbocycles. The molecule has 2 aromatic rings. The van der Waals surface area contributed by atoms with Gasteiger partial charge >= 0.3 is 0 Å². The molecule has 1 amide bonds. The first-order chi connectivity index (χ1) is 9.50. The van der Waals surface area contributed by atoms with Crippen molar-refractivity contribution in [1.82, 2.24) is 14.7 Å². The van der Waals surface area contributed by atoms with Gasteiger partial charge in [0.2, 0.25) is 0 Å². The van der Waals surface area contributed by atoms with Crippen LogP contribution in [0, 0.1) is 6.92 Å². The molecule has 0 aliphatic rings. The van der Waals surface area contributed by atoms with Crippen molar-refractivity contribution < 1.29 is 4.79 Å². The quantitative estimate of drug-likeness (QED) is 0.926. The standard InChI is InChI=1S/C15H20N4O/c1-11-12(10-17-19(11)4)9-16-14-8-6-5-7-13(14)15(20)18(2)3/h5-8,10,16H,9H2,1-4H3. The lowest BCUT2D eigenvalue weighted by Gasteiger charge is -2.15. The monoisotopic (exact) mass is 272 g/mol. The first-order valence-corrected chi connectivity index (χ1v) is 6.52. The Hall–Kier alpha value is -2.30. The predicted octanol–water partition coefficient (Wildman–Crippen LogP) is 2.04. The molecule has 1 aromatic heterocycles. The van der Waals surface area contributed by atoms with E-state index in [-0.39, 0.29) is 5.91 Å². The lowest BCUT2D eigenvalue weighted by molar-refractivity contribution is 0.0828. The van der Waals surface area contributed by atoms with Crippen LogP contribution in [-0.4, -0.2) is 34.7 Å². The van der Waals surface area contributed by atoms with E-state index in [2.05, 4.69) is 10.4 Å². The van der Waals surface area contributed by atoms with Crippen molar-refractivity contribution in [1.29, 1.82) is 0 Å². The zero-order valence-corrected chi connectivity index (χ0v) is 12.3. The van der Waals surface area contributed by atoms with E-state index in [1.165, 1.54) is 0 Å². The first-order valence-electron chi connectivity index (χ1n) is 6.52. The van der Waals surface area contributed by atoms with Gasteiger partial charge in [-0.2, -0.15) is 5.10 Å². The highest BCUT2D eigenvalue weighted by molar-refractivity contribution is 5.99. The van der Waals surface area contributed by atoms with Crippen molar-refractivity contribution in [2.75, 3.05) is 19.4 Å². The van der Waals surface area contributed by atoms with Gasteiger partial charge in [0, 0.05) is 44.6 Å². The van der Waals surface area contributed by atoms with Crippen LogP contribution in [0.5, 0.6) is 0 Å². The maximum Gasteiger partial charge on any atom is 0.255 e. The number of amides is 1. The Morgan fingerprint density at radius 3 is 2.65 bits per heavy atom. The van der Waals surface area contributed by atoms with Crippen LogP contribution in [0.15, 0.2) is 30.5 Å². The maximum atomic E-state index is 12.1. The van der Waals surface area contributed by atoms with Crippen molar-refractivity contribution in [2.24, 2.45) is 7.05 Å². The fourth-order valence-electron chi connectivity index (χ4n) is 1.97. The smallest absolute Gasteiger partial charge is 0.255 e. The third-order valence-electron chi connectivity index (χ3n) is 3.37. The van der Waals surface area contributed by atoms with Gasteiger partial charge in [-0.05, 0) is 19.1 Å². The number of para-hydroxylation sites is 1. The van der Waals surface area contributed by atoms with Gasteiger partial charge in [0.25, 0.3) is 5.91 Å². The number of aryl methyl sites for hydroxylation is 1. The van der Waals surface area contributed by atoms with Gasteiger partial charge in [0.15, 0.2) is 0 Å². The van der Waals surface area contributed by atoms with Crippen LogP contribution >= 0.6 is 0 Å². The topological polar surface area (TPSA) is 50.2 Å². The average Bonchev–Trinajstić information content (AvgIpc) is 2.76. The predicted molar refractivity (Wildman–Crippen MR) is 79.7 cm³/mol. The number of aromatic nitrogens is 2. The van der Waals surface area contributed by atoms with E-state index in [0.29, 0.717) is 12.1 Å². The molecule has 0 atom stereocenters. The van der Waals surface area contributed by atoms with Gasteiger partial charge in [-0.25, -0.2) is 0 Å². The number of rotatable bonds is 4. The van der Waals surface area contributed by atoms with Crippen molar-refractivity contribution >= 4 is 11.6 Å². The molecular formula is C15H20N4O. The molecule has 1 aromatic carbocycles. The Balaban J connectivity index is 2.18. The van der Waals surface area contributed by atoms with Crippen LogP contribution in [0.25, 0.3) is 0 Å².